The zero-order chi connectivity index (χ0) is 14.5. The number of ether oxygens (including phenoxy) is 1. The molecule has 1 atom stereocenters. The molecule has 0 bridgehead atoms. The van der Waals surface area contributed by atoms with Crippen LogP contribution in [-0.2, 0) is 6.54 Å². The molecule has 1 N–H and O–H groups in total. The first-order valence-electron chi connectivity index (χ1n) is 8.24. The van der Waals surface area contributed by atoms with Crippen LogP contribution in [0.25, 0.3) is 0 Å². The molecule has 0 aromatic heterocycles. The molecule has 2 fully saturated rings. The fourth-order valence-corrected chi connectivity index (χ4v) is 3.42. The van der Waals surface area contributed by atoms with Gasteiger partial charge in [-0.3, -0.25) is 9.80 Å². The SMILES string of the molecule is CCOc1ccc(CN2CCC(N3CCNCC3)C2)cc1. The molecule has 0 saturated carbocycles. The molecule has 0 amide bonds. The molecular weight excluding hydrogens is 262 g/mol. The third-order valence-corrected chi connectivity index (χ3v) is 4.56. The van der Waals surface area contributed by atoms with Crippen molar-refractivity contribution < 1.29 is 4.74 Å². The molecule has 116 valence electrons. The highest BCUT2D eigenvalue weighted by atomic mass is 16.5. The van der Waals surface area contributed by atoms with Gasteiger partial charge in [-0.05, 0) is 31.0 Å². The van der Waals surface area contributed by atoms with Crippen molar-refractivity contribution in [2.45, 2.75) is 25.9 Å². The van der Waals surface area contributed by atoms with Gasteiger partial charge in [-0.25, -0.2) is 0 Å². The van der Waals surface area contributed by atoms with E-state index in [0.717, 1.165) is 38.0 Å². The Bertz CT molecular complexity index is 428. The molecule has 4 nitrogen and oxygen atoms in total. The van der Waals surface area contributed by atoms with Gasteiger partial charge in [0.2, 0.25) is 0 Å². The average molecular weight is 289 g/mol. The lowest BCUT2D eigenvalue weighted by atomic mass is 10.2. The number of nitrogens with zero attached hydrogens (tertiary/aromatic N) is 2. The lowest BCUT2D eigenvalue weighted by molar-refractivity contribution is 0.170. The molecule has 1 aromatic rings. The average Bonchev–Trinajstić information content (AvgIpc) is 2.99. The van der Waals surface area contributed by atoms with E-state index in [2.05, 4.69) is 39.4 Å². The van der Waals surface area contributed by atoms with Gasteiger partial charge in [0.1, 0.15) is 5.75 Å². The standard InChI is InChI=1S/C17H27N3O/c1-2-21-17-5-3-15(4-6-17)13-19-10-7-16(14-19)20-11-8-18-9-12-20/h3-6,16,18H,2,7-14H2,1H3. The first kappa shape index (κ1) is 14.8. The third-order valence-electron chi connectivity index (χ3n) is 4.56. The summed E-state index contributed by atoms with van der Waals surface area (Å²) in [5.74, 6) is 0.973. The number of benzene rings is 1. The second-order valence-corrected chi connectivity index (χ2v) is 6.04. The van der Waals surface area contributed by atoms with Crippen molar-refractivity contribution in [1.82, 2.24) is 15.1 Å². The van der Waals surface area contributed by atoms with Gasteiger partial charge in [0.25, 0.3) is 0 Å². The van der Waals surface area contributed by atoms with Crippen molar-refractivity contribution in [3.8, 4) is 5.75 Å². The number of hydrogen-bond donors (Lipinski definition) is 1. The number of hydrogen-bond acceptors (Lipinski definition) is 4. The zero-order valence-electron chi connectivity index (χ0n) is 13.1. The maximum Gasteiger partial charge on any atom is 0.119 e. The summed E-state index contributed by atoms with van der Waals surface area (Å²) >= 11 is 0. The van der Waals surface area contributed by atoms with Crippen LogP contribution >= 0.6 is 0 Å². The van der Waals surface area contributed by atoms with Crippen molar-refractivity contribution in [2.24, 2.45) is 0 Å². The van der Waals surface area contributed by atoms with Gasteiger partial charge in [-0.15, -0.1) is 0 Å². The summed E-state index contributed by atoms with van der Waals surface area (Å²) in [7, 11) is 0. The van der Waals surface area contributed by atoms with Gasteiger partial charge in [-0.1, -0.05) is 12.1 Å². The van der Waals surface area contributed by atoms with Crippen molar-refractivity contribution >= 4 is 0 Å². The van der Waals surface area contributed by atoms with Gasteiger partial charge in [0.05, 0.1) is 6.61 Å². The summed E-state index contributed by atoms with van der Waals surface area (Å²) in [6.07, 6.45) is 1.32. The Hall–Kier alpha value is -1.10. The molecule has 0 spiro atoms. The van der Waals surface area contributed by atoms with Gasteiger partial charge < -0.3 is 10.1 Å². The van der Waals surface area contributed by atoms with Gasteiger partial charge in [0, 0.05) is 51.9 Å². The third kappa shape index (κ3) is 3.96. The van der Waals surface area contributed by atoms with Crippen LogP contribution in [0.2, 0.25) is 0 Å². The fraction of sp³-hybridized carbons (Fsp3) is 0.647. The molecule has 21 heavy (non-hydrogen) atoms. The van der Waals surface area contributed by atoms with E-state index in [-0.39, 0.29) is 0 Å². The van der Waals surface area contributed by atoms with Crippen LogP contribution in [0.4, 0.5) is 0 Å². The number of rotatable bonds is 5. The van der Waals surface area contributed by atoms with Crippen molar-refractivity contribution in [2.75, 3.05) is 45.9 Å². The lowest BCUT2D eigenvalue weighted by Crippen LogP contribution is -2.49. The Kier molecular flexibility index (Phi) is 5.12. The van der Waals surface area contributed by atoms with Crippen molar-refractivity contribution in [3.05, 3.63) is 29.8 Å². The largest absolute Gasteiger partial charge is 0.494 e. The van der Waals surface area contributed by atoms with Gasteiger partial charge >= 0.3 is 0 Å². The molecule has 2 saturated heterocycles. The monoisotopic (exact) mass is 289 g/mol. The van der Waals surface area contributed by atoms with Crippen LogP contribution < -0.4 is 10.1 Å². The van der Waals surface area contributed by atoms with Gasteiger partial charge in [0.15, 0.2) is 0 Å². The Morgan fingerprint density at radius 1 is 1.14 bits per heavy atom. The van der Waals surface area contributed by atoms with Crippen LogP contribution in [0.3, 0.4) is 0 Å². The molecule has 2 heterocycles. The minimum atomic E-state index is 0.734. The van der Waals surface area contributed by atoms with E-state index in [1.165, 1.54) is 38.2 Å². The van der Waals surface area contributed by atoms with Crippen molar-refractivity contribution in [3.63, 3.8) is 0 Å². The lowest BCUT2D eigenvalue weighted by Gasteiger charge is -2.32. The summed E-state index contributed by atoms with van der Waals surface area (Å²) < 4.78 is 5.50. The summed E-state index contributed by atoms with van der Waals surface area (Å²) in [5.41, 5.74) is 1.39. The van der Waals surface area contributed by atoms with E-state index in [9.17, 15) is 0 Å². The minimum Gasteiger partial charge on any atom is -0.494 e. The van der Waals surface area contributed by atoms with E-state index in [1.807, 2.05) is 6.92 Å². The number of nitrogens with one attached hydrogen (secondary N) is 1. The number of piperazine rings is 1. The zero-order valence-corrected chi connectivity index (χ0v) is 13.1. The highest BCUT2D eigenvalue weighted by Gasteiger charge is 2.28. The second-order valence-electron chi connectivity index (χ2n) is 6.04. The summed E-state index contributed by atoms with van der Waals surface area (Å²) in [6, 6.07) is 9.33. The van der Waals surface area contributed by atoms with Gasteiger partial charge in [-0.2, -0.15) is 0 Å². The normalized spacial score (nSPS) is 24.3. The number of likely N-dealkylation sites (tertiary alicyclic amines) is 1. The van der Waals surface area contributed by atoms with Crippen LogP contribution in [-0.4, -0.2) is 61.7 Å². The molecule has 2 aliphatic heterocycles. The highest BCUT2D eigenvalue weighted by Crippen LogP contribution is 2.20. The molecule has 2 aliphatic rings. The second kappa shape index (κ2) is 7.25. The van der Waals surface area contributed by atoms with E-state index in [4.69, 9.17) is 4.74 Å². The predicted molar refractivity (Wildman–Crippen MR) is 85.7 cm³/mol. The highest BCUT2D eigenvalue weighted by molar-refractivity contribution is 5.27. The fourth-order valence-electron chi connectivity index (χ4n) is 3.42. The molecule has 4 heteroatoms. The Balaban J connectivity index is 1.49. The van der Waals surface area contributed by atoms with E-state index < -0.39 is 0 Å². The Morgan fingerprint density at radius 3 is 2.62 bits per heavy atom. The molecule has 1 aromatic carbocycles. The Labute approximate surface area is 128 Å². The summed E-state index contributed by atoms with van der Waals surface area (Å²) in [6.45, 7) is 11.0. The van der Waals surface area contributed by atoms with Crippen LogP contribution in [0, 0.1) is 0 Å². The minimum absolute atomic E-state index is 0.734. The maximum atomic E-state index is 5.50. The molecular formula is C17H27N3O. The smallest absolute Gasteiger partial charge is 0.119 e. The Morgan fingerprint density at radius 2 is 1.90 bits per heavy atom. The first-order chi connectivity index (χ1) is 10.3. The summed E-state index contributed by atoms with van der Waals surface area (Å²) in [4.78, 5) is 5.25. The maximum absolute atomic E-state index is 5.50. The quantitative estimate of drug-likeness (QED) is 0.890. The summed E-state index contributed by atoms with van der Waals surface area (Å²) in [5, 5.41) is 3.44. The molecule has 0 aliphatic carbocycles. The van der Waals surface area contributed by atoms with E-state index in [0.29, 0.717) is 0 Å². The van der Waals surface area contributed by atoms with Crippen LogP contribution in [0.15, 0.2) is 24.3 Å². The van der Waals surface area contributed by atoms with E-state index >= 15 is 0 Å². The first-order valence-corrected chi connectivity index (χ1v) is 8.24. The topological polar surface area (TPSA) is 27.7 Å². The molecule has 1 unspecified atom stereocenters. The predicted octanol–water partition coefficient (Wildman–Crippen LogP) is 1.56. The molecule has 3 rings (SSSR count). The molecule has 0 radical (unpaired) electrons. The van der Waals surface area contributed by atoms with Crippen LogP contribution in [0.1, 0.15) is 18.9 Å². The van der Waals surface area contributed by atoms with Crippen molar-refractivity contribution in [1.29, 1.82) is 0 Å². The van der Waals surface area contributed by atoms with E-state index in [1.54, 1.807) is 0 Å². The van der Waals surface area contributed by atoms with Crippen LogP contribution in [0.5, 0.6) is 5.75 Å².